The smallest absolute Gasteiger partial charge is 0.237 e. The van der Waals surface area contributed by atoms with Crippen LogP contribution in [-0.2, 0) is 15.6 Å². The molecule has 1 heterocycles. The van der Waals surface area contributed by atoms with Crippen LogP contribution in [0.1, 0.15) is 39.0 Å². The molecule has 1 aliphatic heterocycles. The van der Waals surface area contributed by atoms with Crippen LogP contribution in [0.15, 0.2) is 0 Å². The zero-order valence-corrected chi connectivity index (χ0v) is 12.1. The Morgan fingerprint density at radius 2 is 2.17 bits per heavy atom. The summed E-state index contributed by atoms with van der Waals surface area (Å²) in [4.78, 5) is 12.0. The molecule has 1 aliphatic carbocycles. The third-order valence-electron chi connectivity index (χ3n) is 4.31. The molecular formula is C13H24N2O2S. The van der Waals surface area contributed by atoms with Crippen molar-refractivity contribution in [3.63, 3.8) is 0 Å². The van der Waals surface area contributed by atoms with E-state index in [0.29, 0.717) is 18.5 Å². The molecule has 2 fully saturated rings. The van der Waals surface area contributed by atoms with Gasteiger partial charge in [0, 0.05) is 34.9 Å². The van der Waals surface area contributed by atoms with Gasteiger partial charge in [-0.05, 0) is 32.1 Å². The summed E-state index contributed by atoms with van der Waals surface area (Å²) >= 11 is 0. The molecule has 2 N–H and O–H groups in total. The third kappa shape index (κ3) is 3.32. The van der Waals surface area contributed by atoms with Crippen LogP contribution in [0.3, 0.4) is 0 Å². The number of amides is 1. The molecule has 1 saturated heterocycles. The summed E-state index contributed by atoms with van der Waals surface area (Å²) in [6.07, 6.45) is 7.72. The molecule has 0 aromatic heterocycles. The van der Waals surface area contributed by atoms with Crippen LogP contribution in [0, 0.1) is 5.92 Å². The second-order valence-corrected chi connectivity index (χ2v) is 7.46. The van der Waals surface area contributed by atoms with Crippen LogP contribution in [0.2, 0.25) is 0 Å². The molecule has 104 valence electrons. The standard InChI is InChI=1S/C13H24N2O2S/c1-9(18(2)17)8-14-13(16)12-7-10-5-3-4-6-11(10)15-12/h9-12,15H,3-8H2,1-2H3,(H,14,16). The number of hydrogen-bond acceptors (Lipinski definition) is 3. The molecule has 0 bridgehead atoms. The predicted octanol–water partition coefficient (Wildman–Crippen LogP) is 0.790. The van der Waals surface area contributed by atoms with Crippen molar-refractivity contribution in [2.75, 3.05) is 12.8 Å². The lowest BCUT2D eigenvalue weighted by Crippen LogP contribution is -2.45. The van der Waals surface area contributed by atoms with Gasteiger partial charge in [-0.25, -0.2) is 0 Å². The molecule has 5 atom stereocenters. The van der Waals surface area contributed by atoms with E-state index in [1.807, 2.05) is 6.92 Å². The summed E-state index contributed by atoms with van der Waals surface area (Å²) in [6, 6.07) is 0.517. The van der Waals surface area contributed by atoms with Crippen molar-refractivity contribution in [3.8, 4) is 0 Å². The first-order chi connectivity index (χ1) is 8.58. The second-order valence-electron chi connectivity index (χ2n) is 5.66. The Morgan fingerprint density at radius 3 is 2.83 bits per heavy atom. The van der Waals surface area contributed by atoms with Gasteiger partial charge in [0.2, 0.25) is 5.91 Å². The minimum absolute atomic E-state index is 0.0256. The number of carbonyl (C=O) groups is 1. The molecule has 0 aromatic carbocycles. The highest BCUT2D eigenvalue weighted by Crippen LogP contribution is 2.33. The highest BCUT2D eigenvalue weighted by atomic mass is 32.2. The molecular weight excluding hydrogens is 248 g/mol. The number of carbonyl (C=O) groups excluding carboxylic acids is 1. The van der Waals surface area contributed by atoms with Crippen molar-refractivity contribution in [1.82, 2.24) is 10.6 Å². The van der Waals surface area contributed by atoms with Gasteiger partial charge in [-0.15, -0.1) is 0 Å². The molecule has 0 spiro atoms. The first-order valence-electron chi connectivity index (χ1n) is 6.94. The van der Waals surface area contributed by atoms with Crippen LogP contribution >= 0.6 is 0 Å². The van der Waals surface area contributed by atoms with E-state index in [-0.39, 0.29) is 17.2 Å². The molecule has 2 rings (SSSR count). The van der Waals surface area contributed by atoms with E-state index in [0.717, 1.165) is 6.42 Å². The number of hydrogen-bond donors (Lipinski definition) is 2. The zero-order valence-electron chi connectivity index (χ0n) is 11.3. The van der Waals surface area contributed by atoms with E-state index >= 15 is 0 Å². The minimum Gasteiger partial charge on any atom is -0.354 e. The molecule has 0 radical (unpaired) electrons. The van der Waals surface area contributed by atoms with Crippen LogP contribution < -0.4 is 10.6 Å². The normalized spacial score (nSPS) is 34.7. The second kappa shape index (κ2) is 6.15. The lowest BCUT2D eigenvalue weighted by molar-refractivity contribution is -0.122. The maximum absolute atomic E-state index is 12.0. The molecule has 2 aliphatic rings. The third-order valence-corrected chi connectivity index (χ3v) is 5.61. The Balaban J connectivity index is 1.78. The van der Waals surface area contributed by atoms with Gasteiger partial charge >= 0.3 is 0 Å². The fraction of sp³-hybridized carbons (Fsp3) is 0.923. The number of rotatable bonds is 4. The SMILES string of the molecule is CC(CNC(=O)C1CC2CCCCC2N1)S(C)=O. The van der Waals surface area contributed by atoms with E-state index in [9.17, 15) is 9.00 Å². The van der Waals surface area contributed by atoms with Crippen molar-refractivity contribution in [2.45, 2.75) is 56.4 Å². The van der Waals surface area contributed by atoms with Gasteiger partial charge in [0.25, 0.3) is 0 Å². The van der Waals surface area contributed by atoms with E-state index < -0.39 is 10.8 Å². The molecule has 0 aromatic rings. The van der Waals surface area contributed by atoms with Crippen LogP contribution in [0.25, 0.3) is 0 Å². The van der Waals surface area contributed by atoms with Crippen molar-refractivity contribution in [1.29, 1.82) is 0 Å². The highest BCUT2D eigenvalue weighted by Gasteiger charge is 2.38. The minimum atomic E-state index is -0.871. The quantitative estimate of drug-likeness (QED) is 0.795. The number of nitrogens with one attached hydrogen (secondary N) is 2. The molecule has 5 heteroatoms. The summed E-state index contributed by atoms with van der Waals surface area (Å²) < 4.78 is 11.2. The predicted molar refractivity (Wildman–Crippen MR) is 73.8 cm³/mol. The van der Waals surface area contributed by atoms with E-state index in [4.69, 9.17) is 0 Å². The molecule has 5 unspecified atom stereocenters. The first kappa shape index (κ1) is 14.0. The average Bonchev–Trinajstić information content (AvgIpc) is 2.79. The highest BCUT2D eigenvalue weighted by molar-refractivity contribution is 7.84. The van der Waals surface area contributed by atoms with Crippen molar-refractivity contribution >= 4 is 16.7 Å². The Labute approximate surface area is 112 Å². The maximum Gasteiger partial charge on any atom is 0.237 e. The summed E-state index contributed by atoms with van der Waals surface area (Å²) in [5.74, 6) is 0.772. The van der Waals surface area contributed by atoms with E-state index in [2.05, 4.69) is 10.6 Å². The van der Waals surface area contributed by atoms with Crippen LogP contribution in [0.5, 0.6) is 0 Å². The van der Waals surface area contributed by atoms with E-state index in [1.54, 1.807) is 6.26 Å². The number of fused-ring (bicyclic) bond motifs is 1. The summed E-state index contributed by atoms with van der Waals surface area (Å²) in [5.41, 5.74) is 0. The lowest BCUT2D eigenvalue weighted by atomic mass is 9.85. The topological polar surface area (TPSA) is 58.2 Å². The van der Waals surface area contributed by atoms with Gasteiger partial charge in [-0.1, -0.05) is 12.8 Å². The largest absolute Gasteiger partial charge is 0.354 e. The molecule has 4 nitrogen and oxygen atoms in total. The summed E-state index contributed by atoms with van der Waals surface area (Å²) in [5, 5.41) is 6.40. The lowest BCUT2D eigenvalue weighted by Gasteiger charge is -2.24. The first-order valence-corrected chi connectivity index (χ1v) is 8.56. The van der Waals surface area contributed by atoms with Gasteiger partial charge in [-0.2, -0.15) is 0 Å². The van der Waals surface area contributed by atoms with Gasteiger partial charge < -0.3 is 10.6 Å². The monoisotopic (exact) mass is 272 g/mol. The van der Waals surface area contributed by atoms with Gasteiger partial charge in [0.1, 0.15) is 0 Å². The fourth-order valence-electron chi connectivity index (χ4n) is 3.01. The summed E-state index contributed by atoms with van der Waals surface area (Å²) in [7, 11) is -0.871. The zero-order chi connectivity index (χ0) is 13.1. The van der Waals surface area contributed by atoms with Crippen LogP contribution in [0.4, 0.5) is 0 Å². The Bertz CT molecular complexity index is 321. The van der Waals surface area contributed by atoms with Crippen molar-refractivity contribution < 1.29 is 9.00 Å². The van der Waals surface area contributed by atoms with Crippen molar-refractivity contribution in [2.24, 2.45) is 5.92 Å². The summed E-state index contributed by atoms with van der Waals surface area (Å²) in [6.45, 7) is 2.41. The Kier molecular flexibility index (Phi) is 4.78. The fourth-order valence-corrected chi connectivity index (χ4v) is 3.32. The Morgan fingerprint density at radius 1 is 1.44 bits per heavy atom. The van der Waals surface area contributed by atoms with Gasteiger partial charge in [0.15, 0.2) is 0 Å². The Hall–Kier alpha value is -0.420. The van der Waals surface area contributed by atoms with Crippen molar-refractivity contribution in [3.05, 3.63) is 0 Å². The molecule has 1 saturated carbocycles. The van der Waals surface area contributed by atoms with Gasteiger partial charge in [0.05, 0.1) is 6.04 Å². The van der Waals surface area contributed by atoms with E-state index in [1.165, 1.54) is 25.7 Å². The molecule has 18 heavy (non-hydrogen) atoms. The van der Waals surface area contributed by atoms with Crippen LogP contribution in [-0.4, -0.2) is 40.3 Å². The maximum atomic E-state index is 12.0. The van der Waals surface area contributed by atoms with Gasteiger partial charge in [-0.3, -0.25) is 9.00 Å². The molecule has 1 amide bonds. The average molecular weight is 272 g/mol.